The number of nitrogens with one attached hydrogen (secondary N) is 1. The molecule has 1 aromatic carbocycles. The number of piperazine rings is 1. The molecule has 2 heterocycles. The third-order valence-electron chi connectivity index (χ3n) is 5.88. The van der Waals surface area contributed by atoms with Gasteiger partial charge in [-0.05, 0) is 33.0 Å². The molecule has 2 unspecified atom stereocenters. The van der Waals surface area contributed by atoms with Gasteiger partial charge < -0.3 is 29.5 Å². The maximum Gasteiger partial charge on any atom is 0.251 e. The summed E-state index contributed by atoms with van der Waals surface area (Å²) in [5.74, 6) is 1.88. The van der Waals surface area contributed by atoms with Gasteiger partial charge in [0, 0.05) is 51.9 Å². The van der Waals surface area contributed by atoms with Crippen LogP contribution >= 0.6 is 0 Å². The quantitative estimate of drug-likeness (QED) is 0.554. The average molecular weight is 418 g/mol. The Kier molecular flexibility index (Phi) is 7.93. The number of aliphatic imine (C=N–C) groups is 1. The van der Waals surface area contributed by atoms with Gasteiger partial charge in [-0.1, -0.05) is 18.2 Å². The molecule has 0 saturated carbocycles. The Labute approximate surface area is 179 Å². The molecule has 2 aliphatic rings. The van der Waals surface area contributed by atoms with Crippen molar-refractivity contribution in [3.8, 4) is 5.75 Å². The third-order valence-corrected chi connectivity index (χ3v) is 5.88. The Balaban J connectivity index is 1.57. The lowest BCUT2D eigenvalue weighted by atomic mass is 10.0. The first kappa shape index (κ1) is 22.4. The highest BCUT2D eigenvalue weighted by atomic mass is 16.5. The summed E-state index contributed by atoms with van der Waals surface area (Å²) in [7, 11) is 7.64. The predicted octanol–water partition coefficient (Wildman–Crippen LogP) is 1.20. The minimum atomic E-state index is -0.240. The number of carbonyl (C=O) groups excluding carboxylic acids is 1. The summed E-state index contributed by atoms with van der Waals surface area (Å²) in [6, 6.07) is 8.25. The molecule has 0 radical (unpaired) electrons. The number of ether oxygens (including phenoxy) is 2. The number of hydrogen-bond donors (Lipinski definition) is 1. The van der Waals surface area contributed by atoms with Crippen LogP contribution in [0.1, 0.15) is 24.4 Å². The summed E-state index contributed by atoms with van der Waals surface area (Å²) < 4.78 is 11.1. The Morgan fingerprint density at radius 1 is 1.27 bits per heavy atom. The Hall–Kier alpha value is -2.32. The van der Waals surface area contributed by atoms with Crippen molar-refractivity contribution in [3.05, 3.63) is 29.8 Å². The van der Waals surface area contributed by atoms with Crippen LogP contribution in [-0.4, -0.2) is 100 Å². The molecule has 3 rings (SSSR count). The largest absolute Gasteiger partial charge is 0.496 e. The standard InChI is InChI=1S/C22H35N5O3/c1-23-22(24-16-18(25(2)3)17-8-5-6-9-19(17)29-4)27-13-11-26(12-14-27)21(28)20-10-7-15-30-20/h5-6,8-9,18,20H,7,10-16H2,1-4H3,(H,23,24). The number of amides is 1. The number of benzene rings is 1. The fourth-order valence-corrected chi connectivity index (χ4v) is 4.15. The predicted molar refractivity (Wildman–Crippen MR) is 118 cm³/mol. The number of guanidine groups is 1. The molecule has 0 aromatic heterocycles. The third kappa shape index (κ3) is 5.23. The lowest BCUT2D eigenvalue weighted by molar-refractivity contribution is -0.142. The minimum absolute atomic E-state index is 0.138. The molecule has 2 aliphatic heterocycles. The van der Waals surface area contributed by atoms with E-state index in [0.29, 0.717) is 26.2 Å². The van der Waals surface area contributed by atoms with Gasteiger partial charge in [0.2, 0.25) is 0 Å². The van der Waals surface area contributed by atoms with Crippen LogP contribution in [0.4, 0.5) is 0 Å². The van der Waals surface area contributed by atoms with Gasteiger partial charge in [0.15, 0.2) is 5.96 Å². The second-order valence-electron chi connectivity index (χ2n) is 7.96. The van der Waals surface area contributed by atoms with Gasteiger partial charge >= 0.3 is 0 Å². The monoisotopic (exact) mass is 417 g/mol. The molecular weight excluding hydrogens is 382 g/mol. The van der Waals surface area contributed by atoms with Crippen molar-refractivity contribution in [2.75, 3.05) is 67.6 Å². The van der Waals surface area contributed by atoms with E-state index in [1.54, 1.807) is 14.2 Å². The second kappa shape index (κ2) is 10.6. The number of para-hydroxylation sites is 1. The molecule has 8 nitrogen and oxygen atoms in total. The summed E-state index contributed by atoms with van der Waals surface area (Å²) in [4.78, 5) is 23.4. The first-order valence-corrected chi connectivity index (χ1v) is 10.7. The smallest absolute Gasteiger partial charge is 0.251 e. The zero-order chi connectivity index (χ0) is 21.5. The summed E-state index contributed by atoms with van der Waals surface area (Å²) >= 11 is 0. The van der Waals surface area contributed by atoms with Crippen molar-refractivity contribution in [2.24, 2.45) is 4.99 Å². The van der Waals surface area contributed by atoms with E-state index in [2.05, 4.69) is 40.3 Å². The van der Waals surface area contributed by atoms with Crippen molar-refractivity contribution in [3.63, 3.8) is 0 Å². The van der Waals surface area contributed by atoms with E-state index in [1.165, 1.54) is 0 Å². The summed E-state index contributed by atoms with van der Waals surface area (Å²) in [6.45, 7) is 4.33. The first-order chi connectivity index (χ1) is 14.5. The molecular formula is C22H35N5O3. The summed E-state index contributed by atoms with van der Waals surface area (Å²) in [5.41, 5.74) is 1.14. The van der Waals surface area contributed by atoms with Gasteiger partial charge in [0.1, 0.15) is 11.9 Å². The molecule has 8 heteroatoms. The lowest BCUT2D eigenvalue weighted by Crippen LogP contribution is -2.55. The topological polar surface area (TPSA) is 69.6 Å². The van der Waals surface area contributed by atoms with E-state index < -0.39 is 0 Å². The lowest BCUT2D eigenvalue weighted by Gasteiger charge is -2.38. The molecule has 0 bridgehead atoms. The SMILES string of the molecule is CN=C(NCC(c1ccccc1OC)N(C)C)N1CCN(C(=O)C2CCCO2)CC1. The van der Waals surface area contributed by atoms with Crippen molar-refractivity contribution < 1.29 is 14.3 Å². The van der Waals surface area contributed by atoms with Crippen LogP contribution in [0.15, 0.2) is 29.3 Å². The summed E-state index contributed by atoms with van der Waals surface area (Å²) in [6.07, 6.45) is 1.58. The molecule has 30 heavy (non-hydrogen) atoms. The molecule has 2 fully saturated rings. The van der Waals surface area contributed by atoms with Crippen LogP contribution in [-0.2, 0) is 9.53 Å². The molecule has 2 saturated heterocycles. The normalized spacial score (nSPS) is 21.1. The van der Waals surface area contributed by atoms with Crippen LogP contribution in [0.25, 0.3) is 0 Å². The van der Waals surface area contributed by atoms with Gasteiger partial charge in [-0.25, -0.2) is 0 Å². The van der Waals surface area contributed by atoms with Crippen molar-refractivity contribution in [1.29, 1.82) is 0 Å². The number of rotatable bonds is 6. The zero-order valence-electron chi connectivity index (χ0n) is 18.6. The highest BCUT2D eigenvalue weighted by Crippen LogP contribution is 2.27. The number of likely N-dealkylation sites (N-methyl/N-ethyl adjacent to an activating group) is 1. The number of methoxy groups -OCH3 is 1. The Morgan fingerprint density at radius 2 is 1.97 bits per heavy atom. The van der Waals surface area contributed by atoms with Gasteiger partial charge in [-0.2, -0.15) is 0 Å². The molecule has 2 atom stereocenters. The number of nitrogens with zero attached hydrogens (tertiary/aromatic N) is 4. The van der Waals surface area contributed by atoms with Crippen molar-refractivity contribution in [2.45, 2.75) is 25.0 Å². The maximum absolute atomic E-state index is 12.6. The minimum Gasteiger partial charge on any atom is -0.496 e. The van der Waals surface area contributed by atoms with Crippen LogP contribution < -0.4 is 10.1 Å². The Morgan fingerprint density at radius 3 is 2.57 bits per heavy atom. The molecule has 1 amide bonds. The highest BCUT2D eigenvalue weighted by Gasteiger charge is 2.31. The van der Waals surface area contributed by atoms with Crippen LogP contribution in [0.2, 0.25) is 0 Å². The second-order valence-corrected chi connectivity index (χ2v) is 7.96. The maximum atomic E-state index is 12.6. The van der Waals surface area contributed by atoms with E-state index in [1.807, 2.05) is 23.1 Å². The molecule has 166 valence electrons. The average Bonchev–Trinajstić information content (AvgIpc) is 3.31. The van der Waals surface area contributed by atoms with Crippen molar-refractivity contribution >= 4 is 11.9 Å². The van der Waals surface area contributed by atoms with E-state index in [-0.39, 0.29) is 18.1 Å². The van der Waals surface area contributed by atoms with Gasteiger partial charge in [-0.3, -0.25) is 9.79 Å². The molecule has 0 aliphatic carbocycles. The van der Waals surface area contributed by atoms with Gasteiger partial charge in [-0.15, -0.1) is 0 Å². The fourth-order valence-electron chi connectivity index (χ4n) is 4.15. The number of hydrogen-bond acceptors (Lipinski definition) is 5. The van der Waals surface area contributed by atoms with E-state index >= 15 is 0 Å². The van der Waals surface area contributed by atoms with Crippen molar-refractivity contribution in [1.82, 2.24) is 20.0 Å². The van der Waals surface area contributed by atoms with Crippen LogP contribution in [0.5, 0.6) is 5.75 Å². The fraction of sp³-hybridized carbons (Fsp3) is 0.636. The molecule has 1 N–H and O–H groups in total. The van der Waals surface area contributed by atoms with Crippen LogP contribution in [0, 0.1) is 0 Å². The summed E-state index contributed by atoms with van der Waals surface area (Å²) in [5, 5.41) is 3.52. The van der Waals surface area contributed by atoms with Crippen LogP contribution in [0.3, 0.4) is 0 Å². The van der Waals surface area contributed by atoms with Gasteiger partial charge in [0.25, 0.3) is 5.91 Å². The van der Waals surface area contributed by atoms with E-state index in [0.717, 1.165) is 43.2 Å². The van der Waals surface area contributed by atoms with Gasteiger partial charge in [0.05, 0.1) is 13.2 Å². The Bertz CT molecular complexity index is 725. The molecule has 0 spiro atoms. The zero-order valence-corrected chi connectivity index (χ0v) is 18.6. The number of carbonyl (C=O) groups is 1. The molecule has 1 aromatic rings. The highest BCUT2D eigenvalue weighted by molar-refractivity contribution is 5.82. The van der Waals surface area contributed by atoms with E-state index in [4.69, 9.17) is 9.47 Å². The van der Waals surface area contributed by atoms with E-state index in [9.17, 15) is 4.79 Å². The first-order valence-electron chi connectivity index (χ1n) is 10.7.